The van der Waals surface area contributed by atoms with Crippen LogP contribution in [0.2, 0.25) is 0 Å². The molecule has 1 aliphatic carbocycles. The molecule has 0 spiro atoms. The van der Waals surface area contributed by atoms with Gasteiger partial charge in [-0.25, -0.2) is 0 Å². The number of non-ortho nitro benzene ring substituents is 2. The summed E-state index contributed by atoms with van der Waals surface area (Å²) in [6.45, 7) is 1.79. The second kappa shape index (κ2) is 6.95. The van der Waals surface area contributed by atoms with Crippen molar-refractivity contribution in [2.24, 2.45) is 5.10 Å². The van der Waals surface area contributed by atoms with Crippen molar-refractivity contribution in [3.8, 4) is 0 Å². The molecule has 0 heterocycles. The molecule has 12 heteroatoms. The van der Waals surface area contributed by atoms with Gasteiger partial charge in [-0.3, -0.25) is 25.0 Å². The summed E-state index contributed by atoms with van der Waals surface area (Å²) >= 11 is 0. The van der Waals surface area contributed by atoms with E-state index >= 15 is 0 Å². The van der Waals surface area contributed by atoms with Gasteiger partial charge >= 0.3 is 0 Å². The average Bonchev–Trinajstić information content (AvgIpc) is 2.99. The summed E-state index contributed by atoms with van der Waals surface area (Å²) in [6, 6.07) is 10.4. The van der Waals surface area contributed by atoms with Crippen LogP contribution < -0.4 is 4.83 Å². The molecule has 4 rings (SSSR count). The van der Waals surface area contributed by atoms with E-state index in [1.807, 2.05) is 4.83 Å². The number of nitro benzene ring substituents is 2. The Kier molecular flexibility index (Phi) is 4.51. The number of hydrazone groups is 1. The summed E-state index contributed by atoms with van der Waals surface area (Å²) in [5.74, 6) is -0.706. The number of rotatable bonds is 5. The van der Waals surface area contributed by atoms with Crippen LogP contribution in [0.5, 0.6) is 0 Å². The van der Waals surface area contributed by atoms with Crippen LogP contribution in [-0.2, 0) is 10.0 Å². The zero-order chi connectivity index (χ0) is 22.5. The second-order valence-electron chi connectivity index (χ2n) is 6.73. The highest BCUT2D eigenvalue weighted by molar-refractivity contribution is 7.89. The first kappa shape index (κ1) is 20.1. The van der Waals surface area contributed by atoms with Crippen molar-refractivity contribution in [3.63, 3.8) is 0 Å². The van der Waals surface area contributed by atoms with Gasteiger partial charge in [0, 0.05) is 28.6 Å². The van der Waals surface area contributed by atoms with Crippen LogP contribution in [0.3, 0.4) is 0 Å². The molecule has 11 nitrogen and oxygen atoms in total. The van der Waals surface area contributed by atoms with Gasteiger partial charge in [-0.05, 0) is 31.2 Å². The number of nitrogens with zero attached hydrogens (tertiary/aromatic N) is 3. The fraction of sp³-hybridized carbons (Fsp3) is 0.0526. The molecule has 156 valence electrons. The maximum Gasteiger partial charge on any atom is 0.284 e. The number of carbonyl (C=O) groups is 1. The van der Waals surface area contributed by atoms with E-state index in [1.54, 1.807) is 19.1 Å². The number of aryl methyl sites for hydroxylation is 1. The van der Waals surface area contributed by atoms with E-state index < -0.39 is 37.0 Å². The summed E-state index contributed by atoms with van der Waals surface area (Å²) in [5, 5.41) is 26.2. The van der Waals surface area contributed by atoms with E-state index in [0.717, 1.165) is 17.7 Å². The fourth-order valence-corrected chi connectivity index (χ4v) is 4.20. The molecule has 0 amide bonds. The molecule has 0 atom stereocenters. The Labute approximate surface area is 174 Å². The topological polar surface area (TPSA) is 162 Å². The van der Waals surface area contributed by atoms with E-state index in [2.05, 4.69) is 5.10 Å². The second-order valence-corrected chi connectivity index (χ2v) is 8.39. The molecule has 0 saturated heterocycles. The van der Waals surface area contributed by atoms with Crippen LogP contribution in [0.15, 0.2) is 58.5 Å². The Balaban J connectivity index is 1.87. The van der Waals surface area contributed by atoms with Crippen LogP contribution in [0, 0.1) is 27.2 Å². The summed E-state index contributed by atoms with van der Waals surface area (Å²) in [6.07, 6.45) is 0. The third-order valence-corrected chi connectivity index (χ3v) is 6.06. The molecule has 0 aliphatic heterocycles. The maximum absolute atomic E-state index is 12.8. The highest BCUT2D eigenvalue weighted by Gasteiger charge is 2.36. The predicted octanol–water partition coefficient (Wildman–Crippen LogP) is 2.84. The summed E-state index contributed by atoms with van der Waals surface area (Å²) in [5.41, 5.74) is -0.515. The number of nitrogens with one attached hydrogen (secondary N) is 1. The van der Waals surface area contributed by atoms with Crippen molar-refractivity contribution in [1.82, 2.24) is 4.83 Å². The van der Waals surface area contributed by atoms with Crippen molar-refractivity contribution in [2.75, 3.05) is 0 Å². The molecule has 31 heavy (non-hydrogen) atoms. The van der Waals surface area contributed by atoms with Crippen LogP contribution in [0.1, 0.15) is 21.5 Å². The van der Waals surface area contributed by atoms with Gasteiger partial charge < -0.3 is 0 Å². The third-order valence-electron chi connectivity index (χ3n) is 4.83. The maximum atomic E-state index is 12.8. The van der Waals surface area contributed by atoms with Gasteiger partial charge in [-0.15, -0.1) is 0 Å². The minimum atomic E-state index is -4.09. The number of sulfonamides is 1. The lowest BCUT2D eigenvalue weighted by atomic mass is 10.0. The SMILES string of the molecule is Cc1ccc(S(=O)(=O)N/N=C2/C(=O)c3ccc([N+](=O)[O-])c4c([N+](=O)[O-])ccc2c34)cc1. The van der Waals surface area contributed by atoms with E-state index in [0.29, 0.717) is 0 Å². The standard InChI is InChI=1S/C19H12N4O7S/c1-10-2-4-11(5-3-10)31(29,30)21-20-18-12-6-8-14(22(25)26)17-15(23(27)28)9-7-13(16(12)17)19(18)24/h2-9,21H,1H3/b20-18+. The lowest BCUT2D eigenvalue weighted by molar-refractivity contribution is -0.390. The first-order valence-electron chi connectivity index (χ1n) is 8.71. The first-order chi connectivity index (χ1) is 14.6. The summed E-state index contributed by atoms with van der Waals surface area (Å²) in [7, 11) is -4.09. The smallest absolute Gasteiger partial charge is 0.284 e. The number of benzene rings is 3. The number of carbonyl (C=O) groups excluding carboxylic acids is 1. The van der Waals surface area contributed by atoms with E-state index in [4.69, 9.17) is 0 Å². The van der Waals surface area contributed by atoms with Gasteiger partial charge in [0.15, 0.2) is 0 Å². The zero-order valence-corrected chi connectivity index (χ0v) is 16.5. The molecule has 0 bridgehead atoms. The molecule has 0 fully saturated rings. The normalized spacial score (nSPS) is 14.2. The number of hydrogen-bond donors (Lipinski definition) is 1. The molecule has 1 aliphatic rings. The molecule has 3 aromatic carbocycles. The monoisotopic (exact) mass is 440 g/mol. The van der Waals surface area contributed by atoms with Gasteiger partial charge in [-0.1, -0.05) is 17.7 Å². The largest absolute Gasteiger partial charge is 0.287 e. The molecule has 0 radical (unpaired) electrons. The van der Waals surface area contributed by atoms with Gasteiger partial charge in [-0.2, -0.15) is 18.4 Å². The highest BCUT2D eigenvalue weighted by Crippen LogP contribution is 2.41. The number of ketones is 1. The van der Waals surface area contributed by atoms with Gasteiger partial charge in [0.05, 0.1) is 14.7 Å². The van der Waals surface area contributed by atoms with Crippen LogP contribution in [0.25, 0.3) is 10.8 Å². The van der Waals surface area contributed by atoms with Gasteiger partial charge in [0.1, 0.15) is 11.1 Å². The third kappa shape index (κ3) is 3.18. The molecule has 0 saturated carbocycles. The summed E-state index contributed by atoms with van der Waals surface area (Å²) < 4.78 is 25.0. The highest BCUT2D eigenvalue weighted by atomic mass is 32.2. The average molecular weight is 440 g/mol. The van der Waals surface area contributed by atoms with Crippen molar-refractivity contribution in [2.45, 2.75) is 11.8 Å². The van der Waals surface area contributed by atoms with Crippen LogP contribution >= 0.6 is 0 Å². The molecule has 0 aromatic heterocycles. The first-order valence-corrected chi connectivity index (χ1v) is 10.2. The van der Waals surface area contributed by atoms with Gasteiger partial charge in [0.2, 0.25) is 5.78 Å². The Morgan fingerprint density at radius 2 is 1.39 bits per heavy atom. The zero-order valence-electron chi connectivity index (χ0n) is 15.7. The lowest BCUT2D eigenvalue weighted by Gasteiger charge is -2.05. The van der Waals surface area contributed by atoms with Crippen molar-refractivity contribution < 1.29 is 23.1 Å². The van der Waals surface area contributed by atoms with Crippen LogP contribution in [-0.4, -0.2) is 29.8 Å². The number of hydrogen-bond acceptors (Lipinski definition) is 8. The number of nitro groups is 2. The molecule has 0 unspecified atom stereocenters. The van der Waals surface area contributed by atoms with Crippen molar-refractivity contribution >= 4 is 43.7 Å². The van der Waals surface area contributed by atoms with Crippen molar-refractivity contribution in [3.05, 3.63) is 85.4 Å². The quantitative estimate of drug-likeness (QED) is 0.471. The van der Waals surface area contributed by atoms with E-state index in [1.165, 1.54) is 24.3 Å². The van der Waals surface area contributed by atoms with Crippen LogP contribution in [0.4, 0.5) is 11.4 Å². The molecule has 1 N–H and O–H groups in total. The number of Topliss-reactive ketones (excluding diaryl/α,β-unsaturated/α-hetero) is 1. The Morgan fingerprint density at radius 1 is 0.839 bits per heavy atom. The molecule has 3 aromatic rings. The van der Waals surface area contributed by atoms with Crippen molar-refractivity contribution in [1.29, 1.82) is 0 Å². The lowest BCUT2D eigenvalue weighted by Crippen LogP contribution is -2.22. The molecular formula is C19H12N4O7S. The van der Waals surface area contributed by atoms with E-state index in [9.17, 15) is 33.4 Å². The predicted molar refractivity (Wildman–Crippen MR) is 110 cm³/mol. The Bertz CT molecular complexity index is 1420. The van der Waals surface area contributed by atoms with E-state index in [-0.39, 0.29) is 32.5 Å². The minimum Gasteiger partial charge on any atom is -0.287 e. The Hall–Kier alpha value is -4.19. The molecular weight excluding hydrogens is 428 g/mol. The fourth-order valence-electron chi connectivity index (χ4n) is 3.39. The summed E-state index contributed by atoms with van der Waals surface area (Å²) in [4.78, 5) is 36.0. The minimum absolute atomic E-state index is 0.0123. The Morgan fingerprint density at radius 3 is 1.94 bits per heavy atom. The van der Waals surface area contributed by atoms with Gasteiger partial charge in [0.25, 0.3) is 21.4 Å².